The fourth-order valence-corrected chi connectivity index (χ4v) is 2.47. The van der Waals surface area contributed by atoms with E-state index in [4.69, 9.17) is 4.43 Å². The lowest BCUT2D eigenvalue weighted by molar-refractivity contribution is 0.260. The Morgan fingerprint density at radius 1 is 1.56 bits per heavy atom. The van der Waals surface area contributed by atoms with E-state index in [1.165, 1.54) is 0 Å². The quantitative estimate of drug-likeness (QED) is 0.508. The van der Waals surface area contributed by atoms with Crippen molar-refractivity contribution < 1.29 is 4.43 Å². The Bertz CT molecular complexity index is 105. The molecule has 1 saturated heterocycles. The molecule has 0 aromatic carbocycles. The molecule has 0 aliphatic carbocycles. The van der Waals surface area contributed by atoms with Gasteiger partial charge in [0, 0.05) is 18.8 Å². The molecule has 1 unspecified atom stereocenters. The van der Waals surface area contributed by atoms with Crippen molar-refractivity contribution in [2.24, 2.45) is 0 Å². The first kappa shape index (κ1) is 7.25. The standard InChI is InChI=1S/C6H15NOSi/c1-6-7-4-5-8-9(6,2)3/h6-7H,4-5H2,1-3H3. The minimum absolute atomic E-state index is 0.617. The van der Waals surface area contributed by atoms with Crippen LogP contribution >= 0.6 is 0 Å². The van der Waals surface area contributed by atoms with Gasteiger partial charge in [0.2, 0.25) is 8.32 Å². The largest absolute Gasteiger partial charge is 0.415 e. The van der Waals surface area contributed by atoms with Crippen molar-refractivity contribution in [3.63, 3.8) is 0 Å². The monoisotopic (exact) mass is 145 g/mol. The topological polar surface area (TPSA) is 21.3 Å². The summed E-state index contributed by atoms with van der Waals surface area (Å²) in [4.78, 5) is 0. The Morgan fingerprint density at radius 2 is 2.22 bits per heavy atom. The maximum absolute atomic E-state index is 5.65. The minimum Gasteiger partial charge on any atom is -0.415 e. The van der Waals surface area contributed by atoms with E-state index >= 15 is 0 Å². The van der Waals surface area contributed by atoms with Gasteiger partial charge in [-0.25, -0.2) is 0 Å². The predicted octanol–water partition coefficient (Wildman–Crippen LogP) is 0.739. The van der Waals surface area contributed by atoms with Crippen LogP contribution in [-0.2, 0) is 4.43 Å². The minimum atomic E-state index is -1.30. The fraction of sp³-hybridized carbons (Fsp3) is 1.00. The van der Waals surface area contributed by atoms with Crippen molar-refractivity contribution in [3.8, 4) is 0 Å². The highest BCUT2D eigenvalue weighted by atomic mass is 28.4. The molecule has 1 atom stereocenters. The molecule has 1 rings (SSSR count). The van der Waals surface area contributed by atoms with E-state index in [0.717, 1.165) is 13.2 Å². The number of rotatable bonds is 0. The van der Waals surface area contributed by atoms with Crippen LogP contribution in [0.25, 0.3) is 0 Å². The molecule has 0 spiro atoms. The fourth-order valence-electron chi connectivity index (χ4n) is 0.960. The van der Waals surface area contributed by atoms with Crippen molar-refractivity contribution >= 4 is 8.32 Å². The van der Waals surface area contributed by atoms with Crippen LogP contribution in [-0.4, -0.2) is 27.1 Å². The highest BCUT2D eigenvalue weighted by Crippen LogP contribution is 2.12. The van der Waals surface area contributed by atoms with Crippen LogP contribution in [0.1, 0.15) is 6.92 Å². The van der Waals surface area contributed by atoms with E-state index < -0.39 is 8.32 Å². The van der Waals surface area contributed by atoms with Gasteiger partial charge < -0.3 is 9.74 Å². The van der Waals surface area contributed by atoms with Gasteiger partial charge in [-0.2, -0.15) is 0 Å². The second-order valence-electron chi connectivity index (χ2n) is 3.13. The maximum Gasteiger partial charge on any atom is 0.203 e. The second-order valence-corrected chi connectivity index (χ2v) is 7.49. The Kier molecular flexibility index (Phi) is 1.93. The second kappa shape index (κ2) is 2.40. The Balaban J connectivity index is 2.49. The number of hydrogen-bond donors (Lipinski definition) is 1. The Morgan fingerprint density at radius 3 is 2.56 bits per heavy atom. The van der Waals surface area contributed by atoms with E-state index in [0.29, 0.717) is 5.67 Å². The average Bonchev–Trinajstić information content (AvgIpc) is 1.77. The number of hydrogen-bond acceptors (Lipinski definition) is 2. The van der Waals surface area contributed by atoms with Crippen LogP contribution in [0.3, 0.4) is 0 Å². The highest BCUT2D eigenvalue weighted by Gasteiger charge is 2.32. The van der Waals surface area contributed by atoms with Gasteiger partial charge in [0.15, 0.2) is 0 Å². The molecule has 0 saturated carbocycles. The van der Waals surface area contributed by atoms with Gasteiger partial charge in [-0.05, 0) is 13.1 Å². The predicted molar refractivity (Wildman–Crippen MR) is 40.9 cm³/mol. The van der Waals surface area contributed by atoms with Crippen molar-refractivity contribution in [3.05, 3.63) is 0 Å². The zero-order valence-electron chi connectivity index (χ0n) is 6.40. The molecule has 0 amide bonds. The summed E-state index contributed by atoms with van der Waals surface area (Å²) >= 11 is 0. The van der Waals surface area contributed by atoms with Gasteiger partial charge in [0.25, 0.3) is 0 Å². The van der Waals surface area contributed by atoms with Crippen molar-refractivity contribution in [1.29, 1.82) is 0 Å². The third-order valence-electron chi connectivity index (χ3n) is 2.07. The molecule has 0 aromatic rings. The molecule has 1 fully saturated rings. The Labute approximate surface area is 57.7 Å². The van der Waals surface area contributed by atoms with Gasteiger partial charge >= 0.3 is 0 Å². The zero-order chi connectivity index (χ0) is 6.91. The molecule has 0 radical (unpaired) electrons. The van der Waals surface area contributed by atoms with Gasteiger partial charge in [-0.15, -0.1) is 0 Å². The van der Waals surface area contributed by atoms with E-state index in [2.05, 4.69) is 25.3 Å². The third-order valence-corrected chi connectivity index (χ3v) is 5.31. The molecule has 1 N–H and O–H groups in total. The summed E-state index contributed by atoms with van der Waals surface area (Å²) < 4.78 is 5.65. The summed E-state index contributed by atoms with van der Waals surface area (Å²) in [7, 11) is -1.30. The molecule has 9 heavy (non-hydrogen) atoms. The maximum atomic E-state index is 5.65. The first-order chi connectivity index (χ1) is 4.13. The first-order valence-electron chi connectivity index (χ1n) is 3.50. The van der Waals surface area contributed by atoms with Crippen molar-refractivity contribution in [2.75, 3.05) is 13.2 Å². The van der Waals surface area contributed by atoms with Crippen molar-refractivity contribution in [1.82, 2.24) is 5.32 Å². The van der Waals surface area contributed by atoms with Gasteiger partial charge in [0.05, 0.1) is 0 Å². The molecular formula is C6H15NOSi. The van der Waals surface area contributed by atoms with Crippen molar-refractivity contribution in [2.45, 2.75) is 25.7 Å². The van der Waals surface area contributed by atoms with E-state index in [1.54, 1.807) is 0 Å². The van der Waals surface area contributed by atoms with Crippen LogP contribution in [0.5, 0.6) is 0 Å². The molecule has 1 aliphatic heterocycles. The molecule has 0 aromatic heterocycles. The van der Waals surface area contributed by atoms with Gasteiger partial charge in [0.1, 0.15) is 0 Å². The highest BCUT2D eigenvalue weighted by molar-refractivity contribution is 6.72. The lowest BCUT2D eigenvalue weighted by Crippen LogP contribution is -2.56. The zero-order valence-corrected chi connectivity index (χ0v) is 7.40. The summed E-state index contributed by atoms with van der Waals surface area (Å²) in [6, 6.07) is 0. The van der Waals surface area contributed by atoms with Crippen LogP contribution in [0, 0.1) is 0 Å². The van der Waals surface area contributed by atoms with Gasteiger partial charge in [-0.1, -0.05) is 6.92 Å². The number of nitrogens with one attached hydrogen (secondary N) is 1. The smallest absolute Gasteiger partial charge is 0.203 e. The summed E-state index contributed by atoms with van der Waals surface area (Å²) in [5.74, 6) is 0. The molecule has 54 valence electrons. The van der Waals surface area contributed by atoms with Crippen LogP contribution in [0.2, 0.25) is 13.1 Å². The molecule has 1 aliphatic rings. The van der Waals surface area contributed by atoms with E-state index in [9.17, 15) is 0 Å². The molecule has 3 heteroatoms. The third kappa shape index (κ3) is 1.53. The van der Waals surface area contributed by atoms with Crippen LogP contribution < -0.4 is 5.32 Å². The molecule has 0 bridgehead atoms. The summed E-state index contributed by atoms with van der Waals surface area (Å²) in [5.41, 5.74) is 0.617. The summed E-state index contributed by atoms with van der Waals surface area (Å²) in [6.45, 7) is 8.65. The molecule has 1 heterocycles. The first-order valence-corrected chi connectivity index (χ1v) is 6.49. The molecular weight excluding hydrogens is 130 g/mol. The SMILES string of the molecule is CC1NCCO[Si]1(C)C. The molecule has 2 nitrogen and oxygen atoms in total. The normalized spacial score (nSPS) is 34.3. The summed E-state index contributed by atoms with van der Waals surface area (Å²) in [6.07, 6.45) is 0. The van der Waals surface area contributed by atoms with E-state index in [1.807, 2.05) is 0 Å². The lowest BCUT2D eigenvalue weighted by Gasteiger charge is -2.34. The van der Waals surface area contributed by atoms with E-state index in [-0.39, 0.29) is 0 Å². The van der Waals surface area contributed by atoms with Gasteiger partial charge in [-0.3, -0.25) is 0 Å². The van der Waals surface area contributed by atoms with Crippen LogP contribution in [0.4, 0.5) is 0 Å². The Hall–Kier alpha value is 0.137. The summed E-state index contributed by atoms with van der Waals surface area (Å²) in [5, 5.41) is 3.41. The average molecular weight is 145 g/mol. The lowest BCUT2D eigenvalue weighted by atomic mass is 10.6. The van der Waals surface area contributed by atoms with Crippen LogP contribution in [0.15, 0.2) is 0 Å².